The minimum absolute atomic E-state index is 0.198. The Kier molecular flexibility index (Phi) is 3.66. The van der Waals surface area contributed by atoms with Crippen molar-refractivity contribution in [3.8, 4) is 5.75 Å². The summed E-state index contributed by atoms with van der Waals surface area (Å²) >= 11 is 3.20. The van der Waals surface area contributed by atoms with Crippen molar-refractivity contribution in [3.05, 3.63) is 27.7 Å². The molecule has 1 N–H and O–H groups in total. The molecule has 0 aromatic heterocycles. The van der Waals surface area contributed by atoms with Crippen LogP contribution in [0, 0.1) is 0 Å². The standard InChI is InChI=1S/C10H12BrNO2/c1-12(2)5-8-3-7(6-13)4-9(11)10(8)14/h3-4,6,14H,5H2,1-2H3. The van der Waals surface area contributed by atoms with Crippen molar-refractivity contribution in [1.82, 2.24) is 4.90 Å². The number of carbonyl (C=O) groups is 1. The first kappa shape index (κ1) is 11.2. The lowest BCUT2D eigenvalue weighted by atomic mass is 10.1. The fraction of sp³-hybridized carbons (Fsp3) is 0.300. The summed E-state index contributed by atoms with van der Waals surface area (Å²) in [5.41, 5.74) is 1.30. The van der Waals surface area contributed by atoms with Gasteiger partial charge in [0.1, 0.15) is 12.0 Å². The molecule has 1 aromatic rings. The number of aromatic hydroxyl groups is 1. The van der Waals surface area contributed by atoms with E-state index >= 15 is 0 Å². The van der Waals surface area contributed by atoms with Gasteiger partial charge < -0.3 is 10.0 Å². The van der Waals surface area contributed by atoms with Crippen LogP contribution in [0.1, 0.15) is 15.9 Å². The normalized spacial score (nSPS) is 10.6. The number of rotatable bonds is 3. The van der Waals surface area contributed by atoms with Crippen LogP contribution in [0.4, 0.5) is 0 Å². The average Bonchev–Trinajstić information content (AvgIpc) is 2.11. The van der Waals surface area contributed by atoms with Crippen LogP contribution in [-0.2, 0) is 6.54 Å². The van der Waals surface area contributed by atoms with E-state index in [1.807, 2.05) is 19.0 Å². The largest absolute Gasteiger partial charge is 0.506 e. The molecule has 0 aliphatic carbocycles. The van der Waals surface area contributed by atoms with Gasteiger partial charge in [-0.15, -0.1) is 0 Å². The molecule has 0 radical (unpaired) electrons. The van der Waals surface area contributed by atoms with Crippen molar-refractivity contribution >= 4 is 22.2 Å². The number of benzene rings is 1. The minimum Gasteiger partial charge on any atom is -0.506 e. The molecule has 0 saturated heterocycles. The second kappa shape index (κ2) is 4.57. The molecule has 0 amide bonds. The monoisotopic (exact) mass is 257 g/mol. The van der Waals surface area contributed by atoms with E-state index in [9.17, 15) is 9.90 Å². The summed E-state index contributed by atoms with van der Waals surface area (Å²) in [6.07, 6.45) is 0.767. The summed E-state index contributed by atoms with van der Waals surface area (Å²) in [4.78, 5) is 12.5. The van der Waals surface area contributed by atoms with Crippen molar-refractivity contribution in [2.24, 2.45) is 0 Å². The van der Waals surface area contributed by atoms with Gasteiger partial charge in [-0.3, -0.25) is 4.79 Å². The second-order valence-electron chi connectivity index (χ2n) is 3.37. The summed E-state index contributed by atoms with van der Waals surface area (Å²) in [5, 5.41) is 9.68. The van der Waals surface area contributed by atoms with Gasteiger partial charge in [-0.1, -0.05) is 0 Å². The quantitative estimate of drug-likeness (QED) is 0.843. The third kappa shape index (κ3) is 2.56. The van der Waals surface area contributed by atoms with Crippen molar-refractivity contribution in [1.29, 1.82) is 0 Å². The van der Waals surface area contributed by atoms with E-state index in [1.54, 1.807) is 12.1 Å². The average molecular weight is 258 g/mol. The second-order valence-corrected chi connectivity index (χ2v) is 4.22. The zero-order chi connectivity index (χ0) is 10.7. The number of phenolic OH excluding ortho intramolecular Hbond substituents is 1. The van der Waals surface area contributed by atoms with Crippen LogP contribution in [-0.4, -0.2) is 30.4 Å². The van der Waals surface area contributed by atoms with Gasteiger partial charge in [0.05, 0.1) is 4.47 Å². The lowest BCUT2D eigenvalue weighted by Crippen LogP contribution is -2.11. The lowest BCUT2D eigenvalue weighted by molar-refractivity contribution is 0.112. The van der Waals surface area contributed by atoms with E-state index < -0.39 is 0 Å². The smallest absolute Gasteiger partial charge is 0.150 e. The molecule has 0 aliphatic heterocycles. The molecule has 0 fully saturated rings. The molecular weight excluding hydrogens is 246 g/mol. The Morgan fingerprint density at radius 1 is 1.50 bits per heavy atom. The first-order valence-electron chi connectivity index (χ1n) is 4.16. The SMILES string of the molecule is CN(C)Cc1cc(C=O)cc(Br)c1O. The molecule has 0 heterocycles. The van der Waals surface area contributed by atoms with Crippen molar-refractivity contribution in [2.45, 2.75) is 6.54 Å². The van der Waals surface area contributed by atoms with Crippen LogP contribution >= 0.6 is 15.9 Å². The maximum Gasteiger partial charge on any atom is 0.150 e. The molecule has 3 nitrogen and oxygen atoms in total. The van der Waals surface area contributed by atoms with Gasteiger partial charge in [-0.05, 0) is 42.2 Å². The highest BCUT2D eigenvalue weighted by atomic mass is 79.9. The minimum atomic E-state index is 0.198. The van der Waals surface area contributed by atoms with E-state index in [2.05, 4.69) is 15.9 Å². The number of carbonyl (C=O) groups excluding carboxylic acids is 1. The molecule has 0 atom stereocenters. The Hall–Kier alpha value is -0.870. The van der Waals surface area contributed by atoms with Gasteiger partial charge in [0, 0.05) is 17.7 Å². The van der Waals surface area contributed by atoms with Gasteiger partial charge in [-0.2, -0.15) is 0 Å². The first-order chi connectivity index (χ1) is 6.54. The number of hydrogen-bond acceptors (Lipinski definition) is 3. The molecule has 14 heavy (non-hydrogen) atoms. The molecule has 4 heteroatoms. The Morgan fingerprint density at radius 3 is 2.64 bits per heavy atom. The third-order valence-corrected chi connectivity index (χ3v) is 2.39. The van der Waals surface area contributed by atoms with Gasteiger partial charge >= 0.3 is 0 Å². The maximum absolute atomic E-state index is 10.6. The van der Waals surface area contributed by atoms with Crippen LogP contribution in [0.2, 0.25) is 0 Å². The molecule has 0 bridgehead atoms. The zero-order valence-corrected chi connectivity index (χ0v) is 9.71. The summed E-state index contributed by atoms with van der Waals surface area (Å²) in [7, 11) is 3.81. The van der Waals surface area contributed by atoms with Crippen LogP contribution in [0.25, 0.3) is 0 Å². The Balaban J connectivity index is 3.13. The zero-order valence-electron chi connectivity index (χ0n) is 8.12. The highest BCUT2D eigenvalue weighted by Crippen LogP contribution is 2.29. The fourth-order valence-electron chi connectivity index (χ4n) is 1.21. The number of phenols is 1. The van der Waals surface area contributed by atoms with Crippen molar-refractivity contribution in [2.75, 3.05) is 14.1 Å². The highest BCUT2D eigenvalue weighted by Gasteiger charge is 2.08. The van der Waals surface area contributed by atoms with Crippen LogP contribution in [0.15, 0.2) is 16.6 Å². The van der Waals surface area contributed by atoms with E-state index in [0.717, 1.165) is 11.8 Å². The molecule has 0 aliphatic rings. The fourth-order valence-corrected chi connectivity index (χ4v) is 1.73. The third-order valence-electron chi connectivity index (χ3n) is 1.79. The van der Waals surface area contributed by atoms with E-state index in [1.165, 1.54) is 0 Å². The van der Waals surface area contributed by atoms with Crippen LogP contribution in [0.5, 0.6) is 5.75 Å². The maximum atomic E-state index is 10.6. The number of nitrogens with zero attached hydrogens (tertiary/aromatic N) is 1. The molecular formula is C10H12BrNO2. The van der Waals surface area contributed by atoms with Gasteiger partial charge in [-0.25, -0.2) is 0 Å². The number of halogens is 1. The first-order valence-corrected chi connectivity index (χ1v) is 4.95. The van der Waals surface area contributed by atoms with E-state index in [0.29, 0.717) is 16.6 Å². The predicted molar refractivity (Wildman–Crippen MR) is 58.6 cm³/mol. The summed E-state index contributed by atoms with van der Waals surface area (Å²) in [6, 6.07) is 3.29. The number of hydrogen-bond donors (Lipinski definition) is 1. The molecule has 0 saturated carbocycles. The highest BCUT2D eigenvalue weighted by molar-refractivity contribution is 9.10. The Morgan fingerprint density at radius 2 is 2.14 bits per heavy atom. The van der Waals surface area contributed by atoms with Gasteiger partial charge in [0.15, 0.2) is 0 Å². The summed E-state index contributed by atoms with van der Waals surface area (Å²) in [6.45, 7) is 0.603. The van der Waals surface area contributed by atoms with Crippen molar-refractivity contribution < 1.29 is 9.90 Å². The Bertz CT molecular complexity index is 350. The molecule has 0 spiro atoms. The Labute approximate surface area is 91.5 Å². The molecule has 1 rings (SSSR count). The summed E-state index contributed by atoms with van der Waals surface area (Å²) < 4.78 is 0.555. The van der Waals surface area contributed by atoms with Crippen LogP contribution < -0.4 is 0 Å². The van der Waals surface area contributed by atoms with E-state index in [-0.39, 0.29) is 5.75 Å². The van der Waals surface area contributed by atoms with Crippen LogP contribution in [0.3, 0.4) is 0 Å². The van der Waals surface area contributed by atoms with Gasteiger partial charge in [0.25, 0.3) is 0 Å². The van der Waals surface area contributed by atoms with E-state index in [4.69, 9.17) is 0 Å². The van der Waals surface area contributed by atoms with Gasteiger partial charge in [0.2, 0.25) is 0 Å². The topological polar surface area (TPSA) is 40.5 Å². The predicted octanol–water partition coefficient (Wildman–Crippen LogP) is 2.03. The molecule has 0 unspecified atom stereocenters. The number of aldehydes is 1. The molecule has 76 valence electrons. The molecule has 1 aromatic carbocycles. The summed E-state index contributed by atoms with van der Waals surface area (Å²) in [5.74, 6) is 0.198. The lowest BCUT2D eigenvalue weighted by Gasteiger charge is -2.12. The van der Waals surface area contributed by atoms with Crippen molar-refractivity contribution in [3.63, 3.8) is 0 Å².